The van der Waals surface area contributed by atoms with E-state index in [2.05, 4.69) is 26.3 Å². The predicted octanol–water partition coefficient (Wildman–Crippen LogP) is 1.57. The van der Waals surface area contributed by atoms with Crippen LogP contribution in [0.5, 0.6) is 0 Å². The lowest BCUT2D eigenvalue weighted by molar-refractivity contribution is 0.122. The number of nitrogens with one attached hydrogen (secondary N) is 1. The summed E-state index contributed by atoms with van der Waals surface area (Å²) in [6.07, 6.45) is 1.81. The normalized spacial score (nSPS) is 16.4. The molecule has 5 nitrogen and oxygen atoms in total. The molecule has 6 heteroatoms. The fourth-order valence-electron chi connectivity index (χ4n) is 1.83. The zero-order chi connectivity index (χ0) is 11.7. The molecule has 0 aromatic carbocycles. The summed E-state index contributed by atoms with van der Waals surface area (Å²) in [7, 11) is 1.90. The molecule has 1 fully saturated rings. The van der Waals surface area contributed by atoms with Gasteiger partial charge in [0.2, 0.25) is 0 Å². The van der Waals surface area contributed by atoms with E-state index in [0.29, 0.717) is 0 Å². The van der Waals surface area contributed by atoms with Gasteiger partial charge >= 0.3 is 0 Å². The molecular formula is C11H14N4OS. The Labute approximate surface area is 103 Å². The molecule has 3 rings (SSSR count). The summed E-state index contributed by atoms with van der Waals surface area (Å²) in [6, 6.07) is 2.09. The largest absolute Gasteiger partial charge is 0.387 e. The highest BCUT2D eigenvalue weighted by atomic mass is 32.1. The van der Waals surface area contributed by atoms with E-state index in [1.54, 1.807) is 11.3 Å². The second-order valence-electron chi connectivity index (χ2n) is 3.89. The zero-order valence-corrected chi connectivity index (χ0v) is 10.5. The van der Waals surface area contributed by atoms with Crippen molar-refractivity contribution in [3.05, 3.63) is 12.3 Å². The van der Waals surface area contributed by atoms with Crippen LogP contribution >= 0.6 is 11.3 Å². The van der Waals surface area contributed by atoms with E-state index in [9.17, 15) is 0 Å². The van der Waals surface area contributed by atoms with Crippen LogP contribution in [-0.4, -0.2) is 43.3 Å². The average Bonchev–Trinajstić information content (AvgIpc) is 2.82. The third-order valence-electron chi connectivity index (χ3n) is 2.81. The lowest BCUT2D eigenvalue weighted by atomic mass is 10.4. The first-order valence-corrected chi connectivity index (χ1v) is 6.45. The van der Waals surface area contributed by atoms with E-state index in [-0.39, 0.29) is 0 Å². The quantitative estimate of drug-likeness (QED) is 0.876. The summed E-state index contributed by atoms with van der Waals surface area (Å²) < 4.78 is 6.46. The second kappa shape index (κ2) is 4.46. The number of aromatic nitrogens is 2. The van der Waals surface area contributed by atoms with Crippen LogP contribution in [0.25, 0.3) is 10.3 Å². The summed E-state index contributed by atoms with van der Waals surface area (Å²) >= 11 is 1.69. The van der Waals surface area contributed by atoms with Crippen molar-refractivity contribution in [1.29, 1.82) is 0 Å². The minimum absolute atomic E-state index is 0.783. The van der Waals surface area contributed by atoms with Crippen molar-refractivity contribution in [3.8, 4) is 0 Å². The second-order valence-corrected chi connectivity index (χ2v) is 4.90. The Balaban J connectivity index is 1.95. The number of hydrogen-bond acceptors (Lipinski definition) is 6. The van der Waals surface area contributed by atoms with Gasteiger partial charge in [-0.15, -0.1) is 0 Å². The number of anilines is 2. The van der Waals surface area contributed by atoms with Gasteiger partial charge in [-0.05, 0) is 6.07 Å². The molecule has 0 spiro atoms. The third kappa shape index (κ3) is 2.05. The summed E-state index contributed by atoms with van der Waals surface area (Å²) in [4.78, 5) is 11.2. The van der Waals surface area contributed by atoms with E-state index < -0.39 is 0 Å². The summed E-state index contributed by atoms with van der Waals surface area (Å²) in [5, 5.41) is 4.14. The van der Waals surface area contributed by atoms with Crippen LogP contribution in [-0.2, 0) is 4.74 Å². The lowest BCUT2D eigenvalue weighted by Crippen LogP contribution is -2.36. The number of ether oxygens (including phenoxy) is 1. The van der Waals surface area contributed by atoms with Crippen LogP contribution in [0.15, 0.2) is 12.3 Å². The first-order valence-electron chi connectivity index (χ1n) is 5.64. The molecule has 0 aliphatic carbocycles. The number of pyridine rings is 1. The van der Waals surface area contributed by atoms with Gasteiger partial charge in [-0.25, -0.2) is 4.98 Å². The monoisotopic (exact) mass is 250 g/mol. The van der Waals surface area contributed by atoms with Crippen molar-refractivity contribution in [2.45, 2.75) is 0 Å². The molecule has 2 aromatic rings. The lowest BCUT2D eigenvalue weighted by Gasteiger charge is -2.25. The average molecular weight is 250 g/mol. The van der Waals surface area contributed by atoms with Gasteiger partial charge < -0.3 is 15.0 Å². The van der Waals surface area contributed by atoms with E-state index in [1.807, 2.05) is 13.2 Å². The molecule has 0 atom stereocenters. The highest BCUT2D eigenvalue weighted by molar-refractivity contribution is 7.22. The Morgan fingerprint density at radius 2 is 2.24 bits per heavy atom. The molecule has 17 heavy (non-hydrogen) atoms. The van der Waals surface area contributed by atoms with Gasteiger partial charge in [-0.1, -0.05) is 11.3 Å². The Morgan fingerprint density at radius 1 is 1.41 bits per heavy atom. The molecule has 0 amide bonds. The molecule has 0 unspecified atom stereocenters. The third-order valence-corrected chi connectivity index (χ3v) is 3.86. The SMILES string of the molecule is CNc1cnc2nc(N3CCOCC3)sc2c1. The number of rotatable bonds is 2. The maximum absolute atomic E-state index is 5.34. The zero-order valence-electron chi connectivity index (χ0n) is 9.64. The Hall–Kier alpha value is -1.40. The number of morpholine rings is 1. The van der Waals surface area contributed by atoms with Crippen molar-refractivity contribution in [3.63, 3.8) is 0 Å². The standard InChI is InChI=1S/C11H14N4OS/c1-12-8-6-9-10(13-7-8)14-11(17-9)15-2-4-16-5-3-15/h6-7,12H,2-5H2,1H3. The first-order chi connectivity index (χ1) is 8.36. The molecule has 0 saturated carbocycles. The molecular weight excluding hydrogens is 236 g/mol. The molecule has 90 valence electrons. The molecule has 2 aromatic heterocycles. The van der Waals surface area contributed by atoms with Crippen molar-refractivity contribution in [2.75, 3.05) is 43.6 Å². The van der Waals surface area contributed by atoms with Crippen LogP contribution in [0.2, 0.25) is 0 Å². The molecule has 3 heterocycles. The van der Waals surface area contributed by atoms with Crippen molar-refractivity contribution >= 4 is 32.5 Å². The predicted molar refractivity (Wildman–Crippen MR) is 70.0 cm³/mol. The van der Waals surface area contributed by atoms with Crippen molar-refractivity contribution in [2.24, 2.45) is 0 Å². The molecule has 1 aliphatic heterocycles. The Bertz CT molecular complexity index is 521. The van der Waals surface area contributed by atoms with E-state index in [4.69, 9.17) is 4.74 Å². The van der Waals surface area contributed by atoms with E-state index in [1.165, 1.54) is 0 Å². The van der Waals surface area contributed by atoms with Crippen LogP contribution in [0.3, 0.4) is 0 Å². The maximum Gasteiger partial charge on any atom is 0.188 e. The topological polar surface area (TPSA) is 50.3 Å². The van der Waals surface area contributed by atoms with Gasteiger partial charge in [0.15, 0.2) is 10.8 Å². The van der Waals surface area contributed by atoms with E-state index >= 15 is 0 Å². The molecule has 1 saturated heterocycles. The highest BCUT2D eigenvalue weighted by Gasteiger charge is 2.15. The fraction of sp³-hybridized carbons (Fsp3) is 0.455. The van der Waals surface area contributed by atoms with Gasteiger partial charge in [0, 0.05) is 20.1 Å². The number of fused-ring (bicyclic) bond motifs is 1. The molecule has 1 N–H and O–H groups in total. The summed E-state index contributed by atoms with van der Waals surface area (Å²) in [5.41, 5.74) is 1.85. The van der Waals surface area contributed by atoms with Gasteiger partial charge in [-0.3, -0.25) is 0 Å². The van der Waals surface area contributed by atoms with E-state index in [0.717, 1.165) is 47.5 Å². The van der Waals surface area contributed by atoms with Crippen LogP contribution in [0.4, 0.5) is 10.8 Å². The first kappa shape index (κ1) is 10.7. The van der Waals surface area contributed by atoms with Crippen LogP contribution < -0.4 is 10.2 Å². The van der Waals surface area contributed by atoms with Crippen LogP contribution in [0, 0.1) is 0 Å². The molecule has 1 aliphatic rings. The minimum Gasteiger partial charge on any atom is -0.387 e. The van der Waals surface area contributed by atoms with Crippen molar-refractivity contribution < 1.29 is 4.74 Å². The number of thiazole rings is 1. The van der Waals surface area contributed by atoms with Crippen molar-refractivity contribution in [1.82, 2.24) is 9.97 Å². The fourth-order valence-corrected chi connectivity index (χ4v) is 2.85. The van der Waals surface area contributed by atoms with Gasteiger partial charge in [-0.2, -0.15) is 4.98 Å². The van der Waals surface area contributed by atoms with Gasteiger partial charge in [0.25, 0.3) is 0 Å². The summed E-state index contributed by atoms with van der Waals surface area (Å²) in [5.74, 6) is 0. The maximum atomic E-state index is 5.34. The van der Waals surface area contributed by atoms with Crippen LogP contribution in [0.1, 0.15) is 0 Å². The summed E-state index contributed by atoms with van der Waals surface area (Å²) in [6.45, 7) is 3.40. The smallest absolute Gasteiger partial charge is 0.188 e. The number of hydrogen-bond donors (Lipinski definition) is 1. The highest BCUT2D eigenvalue weighted by Crippen LogP contribution is 2.29. The Morgan fingerprint density at radius 3 is 3.00 bits per heavy atom. The van der Waals surface area contributed by atoms with Gasteiger partial charge in [0.1, 0.15) is 0 Å². The Kier molecular flexibility index (Phi) is 2.82. The number of nitrogens with zero attached hydrogens (tertiary/aromatic N) is 3. The van der Waals surface area contributed by atoms with Gasteiger partial charge in [0.05, 0.1) is 29.8 Å². The molecule has 0 radical (unpaired) electrons. The molecule has 0 bridgehead atoms. The minimum atomic E-state index is 0.783.